The summed E-state index contributed by atoms with van der Waals surface area (Å²) in [4.78, 5) is 0. The molecule has 0 heterocycles. The zero-order valence-corrected chi connectivity index (χ0v) is 14.8. The number of rotatable bonds is 4. The molecule has 1 fully saturated rings. The Morgan fingerprint density at radius 2 is 1.79 bits per heavy atom. The van der Waals surface area contributed by atoms with Gasteiger partial charge in [-0.3, -0.25) is 0 Å². The normalized spacial score (nSPS) is 19.1. The van der Waals surface area contributed by atoms with Gasteiger partial charge in [0.25, 0.3) is 0 Å². The lowest BCUT2D eigenvalue weighted by Crippen LogP contribution is -2.32. The topological polar surface area (TPSA) is 12.0 Å². The largest absolute Gasteiger partial charge is 0.310 e. The molecule has 3 heteroatoms. The van der Waals surface area contributed by atoms with Crippen LogP contribution in [-0.4, -0.2) is 6.04 Å². The maximum Gasteiger partial charge on any atom is 0.0320 e. The minimum Gasteiger partial charge on any atom is -0.310 e. The molecule has 0 radical (unpaired) electrons. The van der Waals surface area contributed by atoms with Crippen LogP contribution >= 0.6 is 31.9 Å². The lowest BCUT2D eigenvalue weighted by atomic mass is 9.93. The molecule has 0 spiro atoms. The molecule has 0 amide bonds. The Morgan fingerprint density at radius 1 is 1.11 bits per heavy atom. The fourth-order valence-corrected chi connectivity index (χ4v) is 3.58. The number of hydrogen-bond acceptors (Lipinski definition) is 1. The summed E-state index contributed by atoms with van der Waals surface area (Å²) in [6.45, 7) is 3.31. The lowest BCUT2D eigenvalue weighted by molar-refractivity contribution is 0.336. The molecule has 1 aromatic carbocycles. The van der Waals surface area contributed by atoms with Crippen LogP contribution in [0, 0.1) is 5.92 Å². The van der Waals surface area contributed by atoms with E-state index >= 15 is 0 Å². The summed E-state index contributed by atoms with van der Waals surface area (Å²) in [5.41, 5.74) is 1.34. The van der Waals surface area contributed by atoms with Crippen LogP contribution in [0.4, 0.5) is 0 Å². The van der Waals surface area contributed by atoms with Crippen LogP contribution in [0.5, 0.6) is 0 Å². The summed E-state index contributed by atoms with van der Waals surface area (Å²) >= 11 is 7.08. The molecule has 0 bridgehead atoms. The van der Waals surface area contributed by atoms with Crippen molar-refractivity contribution in [3.8, 4) is 0 Å². The maximum absolute atomic E-state index is 3.71. The van der Waals surface area contributed by atoms with E-state index < -0.39 is 0 Å². The number of benzene rings is 1. The van der Waals surface area contributed by atoms with Gasteiger partial charge in [0.15, 0.2) is 0 Å². The molecule has 1 aromatic rings. The first-order chi connectivity index (χ1) is 9.16. The van der Waals surface area contributed by atoms with Gasteiger partial charge in [0.2, 0.25) is 0 Å². The highest BCUT2D eigenvalue weighted by Crippen LogP contribution is 2.26. The van der Waals surface area contributed by atoms with E-state index in [0.717, 1.165) is 21.4 Å². The third-order valence-corrected chi connectivity index (χ3v) is 6.10. The molecule has 0 unspecified atom stereocenters. The maximum atomic E-state index is 3.71. The van der Waals surface area contributed by atoms with Gasteiger partial charge in [-0.15, -0.1) is 0 Å². The minimum atomic E-state index is 0.625. The highest BCUT2D eigenvalue weighted by Gasteiger charge is 2.18. The monoisotopic (exact) mass is 387 g/mol. The van der Waals surface area contributed by atoms with E-state index in [1.165, 1.54) is 44.1 Å². The predicted molar refractivity (Wildman–Crippen MR) is 89.3 cm³/mol. The van der Waals surface area contributed by atoms with Crippen molar-refractivity contribution >= 4 is 31.9 Å². The van der Waals surface area contributed by atoms with Gasteiger partial charge in [0.05, 0.1) is 0 Å². The summed E-state index contributed by atoms with van der Waals surface area (Å²) in [5, 5.41) is 3.71. The molecule has 1 nitrogen and oxygen atoms in total. The van der Waals surface area contributed by atoms with Crippen molar-refractivity contribution in [1.82, 2.24) is 5.32 Å². The van der Waals surface area contributed by atoms with Gasteiger partial charge < -0.3 is 5.32 Å². The molecule has 106 valence electrons. The highest BCUT2D eigenvalue weighted by atomic mass is 79.9. The van der Waals surface area contributed by atoms with Crippen LogP contribution in [0.1, 0.15) is 51.0 Å². The Hall–Kier alpha value is 0.140. The molecular weight excluding hydrogens is 366 g/mol. The van der Waals surface area contributed by atoms with E-state index in [1.807, 2.05) is 0 Å². The number of hydrogen-bond donors (Lipinski definition) is 1. The van der Waals surface area contributed by atoms with E-state index in [-0.39, 0.29) is 0 Å². The fraction of sp³-hybridized carbons (Fsp3) is 0.625. The zero-order chi connectivity index (χ0) is 13.7. The predicted octanol–water partition coefficient (Wildman–Crippen LogP) is 5.66. The second kappa shape index (κ2) is 7.80. The summed E-state index contributed by atoms with van der Waals surface area (Å²) in [5.74, 6) is 0.862. The Kier molecular flexibility index (Phi) is 6.37. The van der Waals surface area contributed by atoms with Crippen molar-refractivity contribution in [2.24, 2.45) is 5.92 Å². The van der Waals surface area contributed by atoms with Crippen molar-refractivity contribution in [3.63, 3.8) is 0 Å². The number of nitrogens with one attached hydrogen (secondary N) is 1. The first kappa shape index (κ1) is 15.5. The Bertz CT molecular complexity index is 398. The fourth-order valence-electron chi connectivity index (χ4n) is 2.91. The average molecular weight is 389 g/mol. The molecule has 1 aliphatic rings. The molecule has 1 aliphatic carbocycles. The molecule has 0 aliphatic heterocycles. The Balaban J connectivity index is 1.84. The lowest BCUT2D eigenvalue weighted by Gasteiger charge is -2.23. The van der Waals surface area contributed by atoms with E-state index in [2.05, 4.69) is 62.3 Å². The molecule has 2 rings (SSSR count). The standard InChI is InChI=1S/C16H23Br2N/c1-12(14-6-4-2-3-5-7-14)19-11-13-8-9-15(17)16(18)10-13/h8-10,12,14,19H,2-7,11H2,1H3/t12-/m1/s1. The first-order valence-corrected chi connectivity index (χ1v) is 8.92. The summed E-state index contributed by atoms with van der Waals surface area (Å²) in [6, 6.07) is 7.11. The summed E-state index contributed by atoms with van der Waals surface area (Å²) in [6.07, 6.45) is 8.50. The Labute approximate surface area is 133 Å². The van der Waals surface area contributed by atoms with Crippen molar-refractivity contribution < 1.29 is 0 Å². The van der Waals surface area contributed by atoms with Crippen LogP contribution in [0.15, 0.2) is 27.1 Å². The van der Waals surface area contributed by atoms with Gasteiger partial charge in [-0.1, -0.05) is 31.7 Å². The van der Waals surface area contributed by atoms with E-state index in [0.29, 0.717) is 6.04 Å². The van der Waals surface area contributed by atoms with Crippen LogP contribution in [0.3, 0.4) is 0 Å². The summed E-state index contributed by atoms with van der Waals surface area (Å²) in [7, 11) is 0. The van der Waals surface area contributed by atoms with Crippen molar-refractivity contribution in [1.29, 1.82) is 0 Å². The SMILES string of the molecule is C[C@@H](NCc1ccc(Br)c(Br)c1)C1CCCCCC1. The molecule has 1 atom stereocenters. The van der Waals surface area contributed by atoms with Crippen LogP contribution in [-0.2, 0) is 6.54 Å². The van der Waals surface area contributed by atoms with Crippen molar-refractivity contribution in [3.05, 3.63) is 32.7 Å². The van der Waals surface area contributed by atoms with Gasteiger partial charge in [-0.2, -0.15) is 0 Å². The van der Waals surface area contributed by atoms with E-state index in [1.54, 1.807) is 0 Å². The molecular formula is C16H23Br2N. The van der Waals surface area contributed by atoms with Crippen LogP contribution in [0.25, 0.3) is 0 Å². The average Bonchev–Trinajstić information content (AvgIpc) is 2.69. The molecule has 19 heavy (non-hydrogen) atoms. The van der Waals surface area contributed by atoms with Gasteiger partial charge in [0.1, 0.15) is 0 Å². The van der Waals surface area contributed by atoms with Crippen molar-refractivity contribution in [2.45, 2.75) is 58.0 Å². The zero-order valence-electron chi connectivity index (χ0n) is 11.6. The van der Waals surface area contributed by atoms with Gasteiger partial charge in [0, 0.05) is 21.5 Å². The molecule has 0 aromatic heterocycles. The highest BCUT2D eigenvalue weighted by molar-refractivity contribution is 9.13. The first-order valence-electron chi connectivity index (χ1n) is 7.34. The van der Waals surface area contributed by atoms with Gasteiger partial charge in [-0.25, -0.2) is 0 Å². The van der Waals surface area contributed by atoms with Crippen molar-refractivity contribution in [2.75, 3.05) is 0 Å². The third-order valence-electron chi connectivity index (χ3n) is 4.22. The number of halogens is 2. The minimum absolute atomic E-state index is 0.625. The van der Waals surface area contributed by atoms with Crippen LogP contribution in [0.2, 0.25) is 0 Å². The molecule has 1 N–H and O–H groups in total. The van der Waals surface area contributed by atoms with E-state index in [4.69, 9.17) is 0 Å². The summed E-state index contributed by atoms with van der Waals surface area (Å²) < 4.78 is 2.25. The van der Waals surface area contributed by atoms with E-state index in [9.17, 15) is 0 Å². The Morgan fingerprint density at radius 3 is 2.42 bits per heavy atom. The van der Waals surface area contributed by atoms with Gasteiger partial charge >= 0.3 is 0 Å². The second-order valence-electron chi connectivity index (χ2n) is 5.67. The van der Waals surface area contributed by atoms with Crippen LogP contribution < -0.4 is 5.32 Å². The second-order valence-corrected chi connectivity index (χ2v) is 7.38. The molecule has 1 saturated carbocycles. The molecule has 0 saturated heterocycles. The van der Waals surface area contributed by atoms with Gasteiger partial charge in [-0.05, 0) is 75.2 Å². The third kappa shape index (κ3) is 4.87. The quantitative estimate of drug-likeness (QED) is 0.656. The smallest absolute Gasteiger partial charge is 0.0320 e.